The molecule has 1 amide bonds. The minimum Gasteiger partial charge on any atom is -0.322 e. The van der Waals surface area contributed by atoms with Crippen molar-refractivity contribution in [2.45, 2.75) is 6.92 Å². The number of anilines is 1. The Hall–Kier alpha value is -2.13. The number of amides is 1. The van der Waals surface area contributed by atoms with Crippen LogP contribution in [0.3, 0.4) is 0 Å². The zero-order valence-corrected chi connectivity index (χ0v) is 13.1. The molecule has 0 saturated heterocycles. The summed E-state index contributed by atoms with van der Waals surface area (Å²) in [5, 5.41) is 4.92. The van der Waals surface area contributed by atoms with Crippen LogP contribution in [0.25, 0.3) is 10.8 Å². The molecule has 1 N–H and O–H groups in total. The van der Waals surface area contributed by atoms with Crippen molar-refractivity contribution in [3.63, 3.8) is 0 Å². The first-order valence-corrected chi connectivity index (χ1v) is 7.50. The number of fused-ring (bicyclic) bond motifs is 1. The van der Waals surface area contributed by atoms with Gasteiger partial charge >= 0.3 is 0 Å². The fourth-order valence-corrected chi connectivity index (χ4v) is 2.80. The fraction of sp³-hybridized carbons (Fsp3) is 0.0556. The summed E-state index contributed by atoms with van der Waals surface area (Å²) in [6.45, 7) is 2.02. The molecule has 0 bridgehead atoms. The second-order valence-corrected chi connectivity index (χ2v) is 5.82. The molecule has 3 heteroatoms. The predicted molar refractivity (Wildman–Crippen MR) is 90.8 cm³/mol. The molecule has 0 aliphatic carbocycles. The largest absolute Gasteiger partial charge is 0.322 e. The number of hydrogen-bond donors (Lipinski definition) is 1. The lowest BCUT2D eigenvalue weighted by Gasteiger charge is -2.09. The molecule has 2 nitrogen and oxygen atoms in total. The molecule has 0 spiro atoms. The summed E-state index contributed by atoms with van der Waals surface area (Å²) in [5.74, 6) is -0.0949. The first kappa shape index (κ1) is 13.8. The van der Waals surface area contributed by atoms with Gasteiger partial charge in [0.15, 0.2) is 0 Å². The van der Waals surface area contributed by atoms with Crippen LogP contribution in [0.15, 0.2) is 65.1 Å². The van der Waals surface area contributed by atoms with Gasteiger partial charge in [-0.15, -0.1) is 0 Å². The van der Waals surface area contributed by atoms with Crippen LogP contribution >= 0.6 is 15.9 Å². The average molecular weight is 340 g/mol. The SMILES string of the molecule is Cc1ccc(NC(=O)c2cccc3c(Br)cccc23)cc1. The third kappa shape index (κ3) is 2.83. The molecule has 0 aromatic heterocycles. The van der Waals surface area contributed by atoms with Crippen LogP contribution in [-0.2, 0) is 0 Å². The first-order chi connectivity index (χ1) is 10.1. The number of carbonyl (C=O) groups excluding carboxylic acids is 1. The van der Waals surface area contributed by atoms with E-state index in [0.29, 0.717) is 5.56 Å². The van der Waals surface area contributed by atoms with Crippen LogP contribution < -0.4 is 5.32 Å². The molecular weight excluding hydrogens is 326 g/mol. The maximum Gasteiger partial charge on any atom is 0.256 e. The van der Waals surface area contributed by atoms with Crippen LogP contribution in [0.2, 0.25) is 0 Å². The fourth-order valence-electron chi connectivity index (χ4n) is 2.30. The summed E-state index contributed by atoms with van der Waals surface area (Å²) in [5.41, 5.74) is 2.65. The summed E-state index contributed by atoms with van der Waals surface area (Å²) in [7, 11) is 0. The van der Waals surface area contributed by atoms with Crippen LogP contribution in [0.4, 0.5) is 5.69 Å². The number of halogens is 1. The van der Waals surface area contributed by atoms with E-state index in [9.17, 15) is 4.79 Å². The second-order valence-electron chi connectivity index (χ2n) is 4.96. The van der Waals surface area contributed by atoms with Gasteiger partial charge in [-0.25, -0.2) is 0 Å². The molecule has 3 rings (SSSR count). The van der Waals surface area contributed by atoms with Crippen molar-refractivity contribution in [2.24, 2.45) is 0 Å². The highest BCUT2D eigenvalue weighted by atomic mass is 79.9. The molecule has 0 aliphatic heterocycles. The Morgan fingerprint density at radius 1 is 0.905 bits per heavy atom. The summed E-state index contributed by atoms with van der Waals surface area (Å²) < 4.78 is 0.991. The lowest BCUT2D eigenvalue weighted by Crippen LogP contribution is -2.12. The van der Waals surface area contributed by atoms with E-state index in [0.717, 1.165) is 20.9 Å². The predicted octanol–water partition coefficient (Wildman–Crippen LogP) is 5.16. The Kier molecular flexibility index (Phi) is 3.76. The van der Waals surface area contributed by atoms with Gasteiger partial charge in [-0.1, -0.05) is 57.9 Å². The van der Waals surface area contributed by atoms with E-state index < -0.39 is 0 Å². The van der Waals surface area contributed by atoms with Gasteiger partial charge in [-0.3, -0.25) is 4.79 Å². The van der Waals surface area contributed by atoms with E-state index in [-0.39, 0.29) is 5.91 Å². The number of rotatable bonds is 2. The summed E-state index contributed by atoms with van der Waals surface area (Å²) in [6.07, 6.45) is 0. The lowest BCUT2D eigenvalue weighted by molar-refractivity contribution is 0.102. The molecule has 3 aromatic carbocycles. The Morgan fingerprint density at radius 3 is 2.33 bits per heavy atom. The maximum absolute atomic E-state index is 12.5. The molecule has 0 saturated carbocycles. The molecule has 0 fully saturated rings. The zero-order valence-electron chi connectivity index (χ0n) is 11.6. The van der Waals surface area contributed by atoms with Gasteiger partial charge < -0.3 is 5.32 Å². The van der Waals surface area contributed by atoms with Crippen molar-refractivity contribution < 1.29 is 4.79 Å². The monoisotopic (exact) mass is 339 g/mol. The molecule has 21 heavy (non-hydrogen) atoms. The highest BCUT2D eigenvalue weighted by Crippen LogP contribution is 2.26. The Morgan fingerprint density at radius 2 is 1.57 bits per heavy atom. The standard InChI is InChI=1S/C18H14BrNO/c1-12-8-10-13(11-9-12)20-18(21)16-6-2-5-15-14(16)4-3-7-17(15)19/h2-11H,1H3,(H,20,21). The van der Waals surface area contributed by atoms with Crippen LogP contribution in [0.5, 0.6) is 0 Å². The first-order valence-electron chi connectivity index (χ1n) is 6.70. The molecule has 0 heterocycles. The maximum atomic E-state index is 12.5. The number of aryl methyl sites for hydroxylation is 1. The van der Waals surface area contributed by atoms with E-state index in [1.54, 1.807) is 0 Å². The molecular formula is C18H14BrNO. The molecule has 104 valence electrons. The minimum atomic E-state index is -0.0949. The smallest absolute Gasteiger partial charge is 0.256 e. The van der Waals surface area contributed by atoms with Gasteiger partial charge in [0.1, 0.15) is 0 Å². The van der Waals surface area contributed by atoms with Crippen molar-refractivity contribution in [1.82, 2.24) is 0 Å². The minimum absolute atomic E-state index is 0.0949. The van der Waals surface area contributed by atoms with E-state index in [4.69, 9.17) is 0 Å². The topological polar surface area (TPSA) is 29.1 Å². The summed E-state index contributed by atoms with van der Waals surface area (Å²) >= 11 is 3.52. The third-order valence-electron chi connectivity index (χ3n) is 3.42. The Labute approximate surface area is 131 Å². The van der Waals surface area contributed by atoms with Gasteiger partial charge in [0.25, 0.3) is 5.91 Å². The average Bonchev–Trinajstić information content (AvgIpc) is 2.49. The highest BCUT2D eigenvalue weighted by molar-refractivity contribution is 9.10. The van der Waals surface area contributed by atoms with E-state index >= 15 is 0 Å². The van der Waals surface area contributed by atoms with E-state index in [1.807, 2.05) is 67.6 Å². The van der Waals surface area contributed by atoms with Crippen LogP contribution in [0, 0.1) is 6.92 Å². The van der Waals surface area contributed by atoms with Crippen molar-refractivity contribution in [3.8, 4) is 0 Å². The van der Waals surface area contributed by atoms with Crippen molar-refractivity contribution in [1.29, 1.82) is 0 Å². The van der Waals surface area contributed by atoms with E-state index in [2.05, 4.69) is 21.2 Å². The molecule has 0 radical (unpaired) electrons. The Bertz CT molecular complexity index is 809. The van der Waals surface area contributed by atoms with Gasteiger partial charge in [-0.2, -0.15) is 0 Å². The highest BCUT2D eigenvalue weighted by Gasteiger charge is 2.11. The normalized spacial score (nSPS) is 10.6. The van der Waals surface area contributed by atoms with Crippen LogP contribution in [-0.4, -0.2) is 5.91 Å². The van der Waals surface area contributed by atoms with Gasteiger partial charge in [-0.05, 0) is 42.0 Å². The zero-order chi connectivity index (χ0) is 14.8. The number of benzene rings is 3. The molecule has 0 unspecified atom stereocenters. The molecule has 0 atom stereocenters. The van der Waals surface area contributed by atoms with Crippen molar-refractivity contribution in [2.75, 3.05) is 5.32 Å². The molecule has 3 aromatic rings. The summed E-state index contributed by atoms with van der Waals surface area (Å²) in [4.78, 5) is 12.5. The van der Waals surface area contributed by atoms with E-state index in [1.165, 1.54) is 5.56 Å². The van der Waals surface area contributed by atoms with Crippen LogP contribution in [0.1, 0.15) is 15.9 Å². The lowest BCUT2D eigenvalue weighted by atomic mass is 10.0. The van der Waals surface area contributed by atoms with Crippen molar-refractivity contribution >= 4 is 38.3 Å². The second kappa shape index (κ2) is 5.70. The van der Waals surface area contributed by atoms with Crippen molar-refractivity contribution in [3.05, 3.63) is 76.3 Å². The Balaban J connectivity index is 1.98. The van der Waals surface area contributed by atoms with Gasteiger partial charge in [0.05, 0.1) is 0 Å². The number of nitrogens with one attached hydrogen (secondary N) is 1. The number of hydrogen-bond acceptors (Lipinski definition) is 1. The third-order valence-corrected chi connectivity index (χ3v) is 4.11. The van der Waals surface area contributed by atoms with Gasteiger partial charge in [0.2, 0.25) is 0 Å². The molecule has 0 aliphatic rings. The van der Waals surface area contributed by atoms with Gasteiger partial charge in [0, 0.05) is 15.7 Å². The summed E-state index contributed by atoms with van der Waals surface area (Å²) in [6, 6.07) is 19.4. The quantitative estimate of drug-likeness (QED) is 0.686. The number of carbonyl (C=O) groups is 1.